The molecule has 2 aromatic rings. The number of carbonyl (C=O) groups is 1. The number of ether oxygens (including phenoxy) is 1. The molecule has 4 nitrogen and oxygen atoms in total. The summed E-state index contributed by atoms with van der Waals surface area (Å²) in [6.45, 7) is 4.10. The van der Waals surface area contributed by atoms with E-state index >= 15 is 0 Å². The van der Waals surface area contributed by atoms with Crippen LogP contribution in [0.1, 0.15) is 36.5 Å². The molecule has 2 aromatic carbocycles. The molecule has 0 unspecified atom stereocenters. The van der Waals surface area contributed by atoms with Crippen LogP contribution in [-0.4, -0.2) is 48.1 Å². The quantitative estimate of drug-likeness (QED) is 0.594. The van der Waals surface area contributed by atoms with Gasteiger partial charge in [0.15, 0.2) is 0 Å². The maximum atomic E-state index is 13.2. The second-order valence-corrected chi connectivity index (χ2v) is 8.24. The summed E-state index contributed by atoms with van der Waals surface area (Å²) in [4.78, 5) is 13.8. The number of alkyl halides is 6. The highest BCUT2D eigenvalue weighted by Gasteiger charge is 2.71. The summed E-state index contributed by atoms with van der Waals surface area (Å²) < 4.78 is 84.4. The third kappa shape index (κ3) is 4.28. The van der Waals surface area contributed by atoms with Crippen molar-refractivity contribution in [1.82, 2.24) is 4.90 Å². The number of rotatable bonds is 4. The number of hydrogen-bond acceptors (Lipinski definition) is 3. The van der Waals surface area contributed by atoms with Crippen LogP contribution in [0, 0.1) is 0 Å². The Morgan fingerprint density at radius 2 is 1.58 bits per heavy atom. The van der Waals surface area contributed by atoms with Crippen LogP contribution in [-0.2, 0) is 15.8 Å². The van der Waals surface area contributed by atoms with E-state index in [0.717, 1.165) is 17.7 Å². The van der Waals surface area contributed by atoms with Crippen molar-refractivity contribution >= 4 is 6.09 Å². The molecular formula is C23H23F6NO3. The predicted molar refractivity (Wildman–Crippen MR) is 108 cm³/mol. The number of likely N-dealkylation sites (tertiary alicyclic amines) is 1. The summed E-state index contributed by atoms with van der Waals surface area (Å²) >= 11 is 0. The average molecular weight is 475 g/mol. The van der Waals surface area contributed by atoms with Gasteiger partial charge in [-0.05, 0) is 18.1 Å². The third-order valence-electron chi connectivity index (χ3n) is 6.20. The second-order valence-electron chi connectivity index (χ2n) is 8.24. The summed E-state index contributed by atoms with van der Waals surface area (Å²) in [5, 5.41) is 9.65. The van der Waals surface area contributed by atoms with Gasteiger partial charge < -0.3 is 14.7 Å². The molecule has 1 saturated heterocycles. The van der Waals surface area contributed by atoms with Crippen molar-refractivity contribution in [2.75, 3.05) is 19.7 Å². The van der Waals surface area contributed by atoms with Crippen molar-refractivity contribution in [3.63, 3.8) is 0 Å². The van der Waals surface area contributed by atoms with E-state index in [0.29, 0.717) is 17.7 Å². The van der Waals surface area contributed by atoms with E-state index in [9.17, 15) is 36.2 Å². The number of aliphatic hydroxyl groups is 1. The van der Waals surface area contributed by atoms with Gasteiger partial charge in [-0.1, -0.05) is 61.5 Å². The molecule has 1 aliphatic rings. The molecule has 0 radical (unpaired) electrons. The summed E-state index contributed by atoms with van der Waals surface area (Å²) in [7, 11) is 0. The standard InChI is InChI=1S/C23H23F6NO3/c1-3-33-19(31)30-13-18(20(2,14-30)16-7-5-4-6-8-16)15-9-11-17(12-10-15)21(32,22(24,25)26)23(27,28)29/h4-12,18,32H,3,13-14H2,1-2H3/t18-,20+/m1/s1. The van der Waals surface area contributed by atoms with Crippen molar-refractivity contribution in [2.24, 2.45) is 0 Å². The SMILES string of the molecule is CCOC(=O)N1C[C@H](c2ccc(C(O)(C(F)(F)F)C(F)(F)F)cc2)[C@](C)(c2ccccc2)C1. The maximum Gasteiger partial charge on any atom is 0.430 e. The highest BCUT2D eigenvalue weighted by atomic mass is 19.4. The number of hydrogen-bond donors (Lipinski definition) is 1. The van der Waals surface area contributed by atoms with Crippen molar-refractivity contribution in [2.45, 2.75) is 43.1 Å². The molecule has 10 heteroatoms. The van der Waals surface area contributed by atoms with Crippen LogP contribution < -0.4 is 0 Å². The molecule has 180 valence electrons. The smallest absolute Gasteiger partial charge is 0.430 e. The molecule has 1 N–H and O–H groups in total. The molecule has 0 aliphatic carbocycles. The van der Waals surface area contributed by atoms with Gasteiger partial charge in [-0.3, -0.25) is 0 Å². The van der Waals surface area contributed by atoms with Crippen LogP contribution in [0.5, 0.6) is 0 Å². The summed E-state index contributed by atoms with van der Waals surface area (Å²) in [5.74, 6) is -0.441. The number of carbonyl (C=O) groups excluding carboxylic acids is 1. The largest absolute Gasteiger partial charge is 0.450 e. The van der Waals surface area contributed by atoms with Gasteiger partial charge in [0.1, 0.15) is 0 Å². The zero-order chi connectivity index (χ0) is 24.7. The molecule has 0 spiro atoms. The predicted octanol–water partition coefficient (Wildman–Crippen LogP) is 5.51. The Morgan fingerprint density at radius 1 is 1.03 bits per heavy atom. The van der Waals surface area contributed by atoms with Gasteiger partial charge in [-0.25, -0.2) is 4.79 Å². The van der Waals surface area contributed by atoms with E-state index in [-0.39, 0.29) is 19.7 Å². The molecule has 3 rings (SSSR count). The number of halogens is 6. The molecule has 1 heterocycles. The topological polar surface area (TPSA) is 49.8 Å². The van der Waals surface area contributed by atoms with Gasteiger partial charge in [0.05, 0.1) is 6.61 Å². The Hall–Kier alpha value is -2.75. The van der Waals surface area contributed by atoms with E-state index in [1.54, 1.807) is 19.1 Å². The molecule has 1 aliphatic heterocycles. The first-order chi connectivity index (χ1) is 15.3. The molecule has 0 saturated carbocycles. The highest BCUT2D eigenvalue weighted by Crippen LogP contribution is 2.51. The fourth-order valence-electron chi connectivity index (χ4n) is 4.38. The molecule has 33 heavy (non-hydrogen) atoms. The van der Waals surface area contributed by atoms with Crippen LogP contribution in [0.15, 0.2) is 54.6 Å². The monoisotopic (exact) mass is 475 g/mol. The van der Waals surface area contributed by atoms with Crippen molar-refractivity contribution in [3.05, 3.63) is 71.3 Å². The first-order valence-corrected chi connectivity index (χ1v) is 10.2. The fraction of sp³-hybridized carbons (Fsp3) is 0.435. The van der Waals surface area contributed by atoms with E-state index < -0.39 is 40.9 Å². The van der Waals surface area contributed by atoms with E-state index in [1.165, 1.54) is 4.90 Å². The van der Waals surface area contributed by atoms with E-state index in [1.807, 2.05) is 25.1 Å². The third-order valence-corrected chi connectivity index (χ3v) is 6.20. The maximum absolute atomic E-state index is 13.2. The number of nitrogens with zero attached hydrogens (tertiary/aromatic N) is 1. The molecule has 1 fully saturated rings. The van der Waals surface area contributed by atoms with Crippen LogP contribution in [0.4, 0.5) is 31.1 Å². The minimum absolute atomic E-state index is 0.157. The molecule has 1 amide bonds. The Balaban J connectivity index is 2.03. The van der Waals surface area contributed by atoms with Crippen LogP contribution in [0.2, 0.25) is 0 Å². The molecule has 2 atom stereocenters. The lowest BCUT2D eigenvalue weighted by atomic mass is 9.71. The Labute approximate surface area is 186 Å². The average Bonchev–Trinajstić information content (AvgIpc) is 3.11. The van der Waals surface area contributed by atoms with Gasteiger partial charge in [0.25, 0.3) is 5.60 Å². The van der Waals surface area contributed by atoms with Crippen LogP contribution in [0.25, 0.3) is 0 Å². The summed E-state index contributed by atoms with van der Waals surface area (Å²) in [5.41, 5.74) is -5.71. The zero-order valence-corrected chi connectivity index (χ0v) is 17.9. The Bertz CT molecular complexity index is 960. The van der Waals surface area contributed by atoms with Crippen LogP contribution >= 0.6 is 0 Å². The second kappa shape index (κ2) is 8.55. The molecule has 0 bridgehead atoms. The lowest BCUT2D eigenvalue weighted by Crippen LogP contribution is -2.53. The normalized spacial score (nSPS) is 21.8. The number of benzene rings is 2. The summed E-state index contributed by atoms with van der Waals surface area (Å²) in [6, 6.07) is 12.7. The zero-order valence-electron chi connectivity index (χ0n) is 17.9. The first kappa shape index (κ1) is 24.9. The minimum atomic E-state index is -5.96. The van der Waals surface area contributed by atoms with Crippen molar-refractivity contribution in [1.29, 1.82) is 0 Å². The first-order valence-electron chi connectivity index (χ1n) is 10.2. The van der Waals surface area contributed by atoms with Gasteiger partial charge >= 0.3 is 18.4 Å². The van der Waals surface area contributed by atoms with E-state index in [4.69, 9.17) is 4.74 Å². The lowest BCUT2D eigenvalue weighted by Gasteiger charge is -2.34. The minimum Gasteiger partial charge on any atom is -0.450 e. The Kier molecular flexibility index (Phi) is 6.45. The van der Waals surface area contributed by atoms with Gasteiger partial charge in [0, 0.05) is 30.0 Å². The van der Waals surface area contributed by atoms with Crippen molar-refractivity contribution in [3.8, 4) is 0 Å². The van der Waals surface area contributed by atoms with Gasteiger partial charge in [-0.2, -0.15) is 26.3 Å². The molecule has 0 aromatic heterocycles. The highest BCUT2D eigenvalue weighted by molar-refractivity contribution is 5.69. The number of amides is 1. The van der Waals surface area contributed by atoms with E-state index in [2.05, 4.69) is 0 Å². The Morgan fingerprint density at radius 3 is 2.06 bits per heavy atom. The van der Waals surface area contributed by atoms with Crippen molar-refractivity contribution < 1.29 is 41.0 Å². The van der Waals surface area contributed by atoms with Gasteiger partial charge in [-0.15, -0.1) is 0 Å². The van der Waals surface area contributed by atoms with Gasteiger partial charge in [0.2, 0.25) is 0 Å². The van der Waals surface area contributed by atoms with Crippen LogP contribution in [0.3, 0.4) is 0 Å². The fourth-order valence-corrected chi connectivity index (χ4v) is 4.38. The summed E-state index contributed by atoms with van der Waals surface area (Å²) in [6.07, 6.45) is -12.5. The lowest BCUT2D eigenvalue weighted by molar-refractivity contribution is -0.376. The molecular weight excluding hydrogens is 452 g/mol.